The lowest BCUT2D eigenvalue weighted by Crippen LogP contribution is -2.04. The van der Waals surface area contributed by atoms with E-state index < -0.39 is 7.82 Å². The van der Waals surface area contributed by atoms with Gasteiger partial charge in [0.2, 0.25) is 0 Å². The zero-order valence-electron chi connectivity index (χ0n) is 14.9. The van der Waals surface area contributed by atoms with Crippen LogP contribution in [0.3, 0.4) is 0 Å². The van der Waals surface area contributed by atoms with E-state index >= 15 is 0 Å². The molecule has 0 aliphatic rings. The number of benzene rings is 3. The van der Waals surface area contributed by atoms with Crippen molar-refractivity contribution < 1.29 is 18.1 Å². The van der Waals surface area contributed by atoms with Gasteiger partial charge in [-0.25, -0.2) is 4.57 Å². The first kappa shape index (κ1) is 19.7. The van der Waals surface area contributed by atoms with Gasteiger partial charge in [-0.05, 0) is 41.8 Å². The smallest absolute Gasteiger partial charge is 0.404 e. The highest BCUT2D eigenvalue weighted by atomic mass is 35.5. The van der Waals surface area contributed by atoms with Gasteiger partial charge >= 0.3 is 7.82 Å². The van der Waals surface area contributed by atoms with Crippen molar-refractivity contribution in [1.82, 2.24) is 0 Å². The van der Waals surface area contributed by atoms with E-state index in [2.05, 4.69) is 0 Å². The molecule has 0 aromatic heterocycles. The van der Waals surface area contributed by atoms with E-state index in [9.17, 15) is 4.57 Å². The fourth-order valence-corrected chi connectivity index (χ4v) is 3.85. The van der Waals surface area contributed by atoms with Gasteiger partial charge in [-0.1, -0.05) is 72.3 Å². The molecule has 3 aromatic carbocycles. The highest BCUT2D eigenvalue weighted by molar-refractivity contribution is 7.48. The van der Waals surface area contributed by atoms with Gasteiger partial charge in [0.25, 0.3) is 0 Å². The van der Waals surface area contributed by atoms with E-state index in [1.54, 1.807) is 18.2 Å². The molecule has 0 unspecified atom stereocenters. The molecule has 0 radical (unpaired) electrons. The summed E-state index contributed by atoms with van der Waals surface area (Å²) in [5.74, 6) is 0.406. The molecule has 0 bridgehead atoms. The molecule has 0 atom stereocenters. The molecule has 0 amide bonds. The maximum Gasteiger partial charge on any atom is 0.530 e. The van der Waals surface area contributed by atoms with Crippen LogP contribution >= 0.6 is 19.4 Å². The fourth-order valence-electron chi connectivity index (χ4n) is 2.38. The number of hydrogen-bond acceptors (Lipinski definition) is 4. The van der Waals surface area contributed by atoms with Crippen LogP contribution < -0.4 is 4.52 Å². The van der Waals surface area contributed by atoms with Crippen LogP contribution in [0.4, 0.5) is 0 Å². The predicted octanol–water partition coefficient (Wildman–Crippen LogP) is 6.57. The first-order valence-corrected chi connectivity index (χ1v) is 10.3. The number of hydrogen-bond donors (Lipinski definition) is 0. The summed E-state index contributed by atoms with van der Waals surface area (Å²) in [6.07, 6.45) is 0. The van der Waals surface area contributed by atoms with Gasteiger partial charge in [0.15, 0.2) is 0 Å². The summed E-state index contributed by atoms with van der Waals surface area (Å²) in [6.45, 7) is 2.04. The van der Waals surface area contributed by atoms with Crippen molar-refractivity contribution in [2.75, 3.05) is 0 Å². The van der Waals surface area contributed by atoms with E-state index in [0.29, 0.717) is 10.8 Å². The van der Waals surface area contributed by atoms with Crippen molar-refractivity contribution in [3.8, 4) is 5.75 Å². The molecule has 3 rings (SSSR count). The average molecular weight is 403 g/mol. The first-order valence-electron chi connectivity index (χ1n) is 8.47. The molecular formula is C21H20ClO4P. The van der Waals surface area contributed by atoms with Crippen molar-refractivity contribution in [2.45, 2.75) is 20.1 Å². The molecule has 0 aliphatic carbocycles. The zero-order chi connectivity index (χ0) is 19.1. The molecule has 0 aliphatic heterocycles. The average Bonchev–Trinajstić information content (AvgIpc) is 2.69. The van der Waals surface area contributed by atoms with Crippen LogP contribution in [0.15, 0.2) is 78.9 Å². The van der Waals surface area contributed by atoms with Gasteiger partial charge in [0, 0.05) is 5.02 Å². The van der Waals surface area contributed by atoms with Gasteiger partial charge in [-0.3, -0.25) is 9.05 Å². The highest BCUT2D eigenvalue weighted by Gasteiger charge is 2.29. The Kier molecular flexibility index (Phi) is 6.70. The Balaban J connectivity index is 1.77. The third-order valence-corrected chi connectivity index (χ3v) is 5.36. The molecule has 140 valence electrons. The van der Waals surface area contributed by atoms with E-state index in [4.69, 9.17) is 25.2 Å². The summed E-state index contributed by atoms with van der Waals surface area (Å²) in [5.41, 5.74) is 2.49. The third kappa shape index (κ3) is 5.95. The van der Waals surface area contributed by atoms with E-state index in [0.717, 1.165) is 16.7 Å². The molecule has 3 aromatic rings. The molecule has 0 N–H and O–H groups in total. The number of rotatable bonds is 8. The normalized spacial score (nSPS) is 11.3. The minimum atomic E-state index is -3.86. The van der Waals surface area contributed by atoms with E-state index in [1.807, 2.05) is 67.6 Å². The summed E-state index contributed by atoms with van der Waals surface area (Å²) in [4.78, 5) is 0. The van der Waals surface area contributed by atoms with Crippen molar-refractivity contribution in [2.24, 2.45) is 0 Å². The van der Waals surface area contributed by atoms with Crippen LogP contribution in [0.1, 0.15) is 16.7 Å². The molecule has 4 nitrogen and oxygen atoms in total. The lowest BCUT2D eigenvalue weighted by atomic mass is 10.2. The largest absolute Gasteiger partial charge is 0.530 e. The van der Waals surface area contributed by atoms with Gasteiger partial charge in [0.1, 0.15) is 5.75 Å². The summed E-state index contributed by atoms with van der Waals surface area (Å²) in [7, 11) is -3.86. The quantitative estimate of drug-likeness (QED) is 0.400. The molecular weight excluding hydrogens is 383 g/mol. The lowest BCUT2D eigenvalue weighted by Gasteiger charge is -2.20. The number of phosphoric ester groups is 1. The Morgan fingerprint density at radius 3 is 1.81 bits per heavy atom. The molecule has 0 fully saturated rings. The summed E-state index contributed by atoms with van der Waals surface area (Å²) < 4.78 is 30.2. The Morgan fingerprint density at radius 1 is 0.815 bits per heavy atom. The maximum atomic E-state index is 13.3. The predicted molar refractivity (Wildman–Crippen MR) is 107 cm³/mol. The van der Waals surface area contributed by atoms with Crippen LogP contribution in [0.25, 0.3) is 0 Å². The molecule has 0 saturated carbocycles. The summed E-state index contributed by atoms with van der Waals surface area (Å²) in [6, 6.07) is 24.0. The summed E-state index contributed by atoms with van der Waals surface area (Å²) >= 11 is 5.98. The topological polar surface area (TPSA) is 44.8 Å². The molecule has 6 heteroatoms. The molecule has 27 heavy (non-hydrogen) atoms. The Labute approximate surface area is 164 Å². The molecule has 0 spiro atoms. The molecule has 0 heterocycles. The lowest BCUT2D eigenvalue weighted by molar-refractivity contribution is 0.143. The van der Waals surface area contributed by atoms with Crippen LogP contribution in [0, 0.1) is 6.92 Å². The zero-order valence-corrected chi connectivity index (χ0v) is 16.5. The number of aryl methyl sites for hydroxylation is 1. The van der Waals surface area contributed by atoms with Crippen LogP contribution in [-0.4, -0.2) is 0 Å². The van der Waals surface area contributed by atoms with Crippen LogP contribution in [0.5, 0.6) is 5.75 Å². The molecule has 0 saturated heterocycles. The monoisotopic (exact) mass is 402 g/mol. The minimum absolute atomic E-state index is 0.111. The van der Waals surface area contributed by atoms with Gasteiger partial charge in [-0.15, -0.1) is 0 Å². The fraction of sp³-hybridized carbons (Fsp3) is 0.143. The van der Waals surface area contributed by atoms with E-state index in [-0.39, 0.29) is 13.2 Å². The van der Waals surface area contributed by atoms with Crippen molar-refractivity contribution >= 4 is 19.4 Å². The van der Waals surface area contributed by atoms with Crippen molar-refractivity contribution in [1.29, 1.82) is 0 Å². The number of halogens is 1. The van der Waals surface area contributed by atoms with Gasteiger partial charge in [0.05, 0.1) is 13.2 Å². The van der Waals surface area contributed by atoms with Crippen molar-refractivity contribution in [3.05, 3.63) is 101 Å². The Morgan fingerprint density at radius 2 is 1.33 bits per heavy atom. The van der Waals surface area contributed by atoms with Gasteiger partial charge in [-0.2, -0.15) is 0 Å². The second-order valence-corrected chi connectivity index (χ2v) is 8.00. The van der Waals surface area contributed by atoms with Crippen LogP contribution in [0.2, 0.25) is 5.02 Å². The number of phosphoric acid groups is 1. The van der Waals surface area contributed by atoms with Crippen LogP contribution in [-0.2, 0) is 26.8 Å². The van der Waals surface area contributed by atoms with E-state index in [1.165, 1.54) is 0 Å². The standard InChI is InChI=1S/C21H20ClO4P/c1-17-14-20(22)12-13-21(17)26-27(23,24-15-18-8-4-2-5-9-18)25-16-19-10-6-3-7-11-19/h2-14H,15-16H2,1H3. The second-order valence-electron chi connectivity index (χ2n) is 5.97. The maximum absolute atomic E-state index is 13.3. The van der Waals surface area contributed by atoms with Gasteiger partial charge < -0.3 is 4.52 Å². The second kappa shape index (κ2) is 9.20. The highest BCUT2D eigenvalue weighted by Crippen LogP contribution is 2.51. The first-order chi connectivity index (χ1) is 13.0. The minimum Gasteiger partial charge on any atom is -0.404 e. The Bertz CT molecular complexity index is 868. The van der Waals surface area contributed by atoms with Crippen molar-refractivity contribution in [3.63, 3.8) is 0 Å². The third-order valence-electron chi connectivity index (χ3n) is 3.81. The summed E-state index contributed by atoms with van der Waals surface area (Å²) in [5, 5.41) is 0.574. The Hall–Kier alpha value is -2.10. The SMILES string of the molecule is Cc1cc(Cl)ccc1OP(=O)(OCc1ccccc1)OCc1ccccc1.